The molecule has 4 rings (SSSR count). The third-order valence-electron chi connectivity index (χ3n) is 5.82. The molecule has 31 heavy (non-hydrogen) atoms. The van der Waals surface area contributed by atoms with E-state index < -0.39 is 5.31 Å². The average Bonchev–Trinajstić information content (AvgIpc) is 2.81. The van der Waals surface area contributed by atoms with Gasteiger partial charge in [0.1, 0.15) is 0 Å². The van der Waals surface area contributed by atoms with Crippen LogP contribution in [0.15, 0.2) is 109 Å². The molecule has 0 aromatic heterocycles. The van der Waals surface area contributed by atoms with Gasteiger partial charge < -0.3 is 0 Å². The van der Waals surface area contributed by atoms with Crippen LogP contribution in [0.3, 0.4) is 0 Å². The Morgan fingerprint density at radius 1 is 0.742 bits per heavy atom. The SMILES string of the molecule is Cc1cc(CP(Br)(c2ccccc2)(c2ccccc2)c2ccccc2)ccc1[N+](=O)[O-]. The van der Waals surface area contributed by atoms with Gasteiger partial charge in [0.15, 0.2) is 0 Å². The molecule has 0 bridgehead atoms. The van der Waals surface area contributed by atoms with E-state index >= 15 is 0 Å². The van der Waals surface area contributed by atoms with Gasteiger partial charge in [-0.2, -0.15) is 0 Å². The van der Waals surface area contributed by atoms with Crippen molar-refractivity contribution in [1.29, 1.82) is 0 Å². The number of halogens is 1. The summed E-state index contributed by atoms with van der Waals surface area (Å²) in [5.74, 6) is 0. The maximum atomic E-state index is 11.4. The molecule has 5 heteroatoms. The number of aryl methyl sites for hydroxylation is 1. The first-order chi connectivity index (χ1) is 14.9. The van der Waals surface area contributed by atoms with Gasteiger partial charge in [-0.05, 0) is 0 Å². The van der Waals surface area contributed by atoms with Crippen molar-refractivity contribution in [3.63, 3.8) is 0 Å². The normalized spacial score (nSPS) is 12.6. The van der Waals surface area contributed by atoms with Gasteiger partial charge in [-0.25, -0.2) is 0 Å². The van der Waals surface area contributed by atoms with Crippen LogP contribution in [0.5, 0.6) is 0 Å². The van der Waals surface area contributed by atoms with Crippen molar-refractivity contribution < 1.29 is 4.92 Å². The summed E-state index contributed by atoms with van der Waals surface area (Å²) in [4.78, 5) is 11.0. The molecule has 0 saturated heterocycles. The molecule has 0 N–H and O–H groups in total. The van der Waals surface area contributed by atoms with Crippen molar-refractivity contribution >= 4 is 42.4 Å². The van der Waals surface area contributed by atoms with E-state index in [1.165, 1.54) is 15.9 Å². The van der Waals surface area contributed by atoms with Gasteiger partial charge in [0.05, 0.1) is 0 Å². The third-order valence-corrected chi connectivity index (χ3v) is 15.3. The summed E-state index contributed by atoms with van der Waals surface area (Å²) in [7, 11) is 0. The molecule has 0 fully saturated rings. The molecule has 0 spiro atoms. The van der Waals surface area contributed by atoms with E-state index in [1.54, 1.807) is 13.0 Å². The molecular weight excluding hydrogens is 469 g/mol. The second kappa shape index (κ2) is 8.37. The van der Waals surface area contributed by atoms with E-state index in [0.717, 1.165) is 5.56 Å². The molecule has 0 aliphatic rings. The monoisotopic (exact) mass is 491 g/mol. The van der Waals surface area contributed by atoms with Crippen LogP contribution in [0, 0.1) is 17.0 Å². The standard InChI is InChI=1S/C26H23BrNO2P/c1-21-19-22(17-18-26(21)28(29)30)20-31(27,23-11-5-2-6-12-23,24-13-7-3-8-14-24)25-15-9-4-10-16-25/h2-19H,20H2,1H3. The van der Waals surface area contributed by atoms with Crippen molar-refractivity contribution in [3.8, 4) is 0 Å². The Morgan fingerprint density at radius 3 is 1.52 bits per heavy atom. The number of hydrogen-bond acceptors (Lipinski definition) is 2. The van der Waals surface area contributed by atoms with Crippen molar-refractivity contribution in [3.05, 3.63) is 130 Å². The maximum absolute atomic E-state index is 11.4. The predicted octanol–water partition coefficient (Wildman–Crippen LogP) is 6.24. The molecular formula is C26H23BrNO2P. The Hall–Kier alpha value is -2.81. The van der Waals surface area contributed by atoms with Crippen LogP contribution in [0.1, 0.15) is 11.1 Å². The van der Waals surface area contributed by atoms with Gasteiger partial charge >= 0.3 is 191 Å². The Labute approximate surface area is 190 Å². The molecule has 0 aliphatic heterocycles. The average molecular weight is 492 g/mol. The van der Waals surface area contributed by atoms with Crippen LogP contribution in [0.2, 0.25) is 0 Å². The zero-order chi connectivity index (χ0) is 21.9. The molecule has 0 amide bonds. The number of hydrogen-bond donors (Lipinski definition) is 0. The molecule has 0 atom stereocenters. The quantitative estimate of drug-likeness (QED) is 0.182. The van der Waals surface area contributed by atoms with Crippen LogP contribution < -0.4 is 15.9 Å². The summed E-state index contributed by atoms with van der Waals surface area (Å²) >= 11 is 4.42. The van der Waals surface area contributed by atoms with Crippen LogP contribution in [-0.4, -0.2) is 4.92 Å². The summed E-state index contributed by atoms with van der Waals surface area (Å²) in [6.45, 7) is 1.80. The Morgan fingerprint density at radius 2 is 1.16 bits per heavy atom. The first-order valence-electron chi connectivity index (χ1n) is 10.1. The summed E-state index contributed by atoms with van der Waals surface area (Å²) in [6, 6.07) is 37.1. The van der Waals surface area contributed by atoms with Gasteiger partial charge in [-0.1, -0.05) is 0 Å². The van der Waals surface area contributed by atoms with E-state index in [2.05, 4.69) is 88.3 Å². The minimum absolute atomic E-state index is 0.151. The first-order valence-corrected chi connectivity index (χ1v) is 14.5. The second-order valence-electron chi connectivity index (χ2n) is 7.73. The Kier molecular flexibility index (Phi) is 5.79. The molecule has 4 aromatic carbocycles. The Balaban J connectivity index is 2.04. The number of nitrogens with zero attached hydrogens (tertiary/aromatic N) is 1. The van der Waals surface area contributed by atoms with Crippen molar-refractivity contribution in [1.82, 2.24) is 0 Å². The number of benzene rings is 4. The summed E-state index contributed by atoms with van der Waals surface area (Å²) in [6.07, 6.45) is 0.711. The molecule has 0 heterocycles. The number of rotatable bonds is 6. The molecule has 156 valence electrons. The van der Waals surface area contributed by atoms with Crippen LogP contribution in [-0.2, 0) is 6.16 Å². The molecule has 4 aromatic rings. The number of nitro groups is 1. The van der Waals surface area contributed by atoms with Gasteiger partial charge in [0, 0.05) is 0 Å². The zero-order valence-electron chi connectivity index (χ0n) is 17.2. The van der Waals surface area contributed by atoms with Gasteiger partial charge in [-0.3, -0.25) is 0 Å². The van der Waals surface area contributed by atoms with Gasteiger partial charge in [0.25, 0.3) is 0 Å². The minimum atomic E-state index is -3.11. The third kappa shape index (κ3) is 3.71. The zero-order valence-corrected chi connectivity index (χ0v) is 19.7. The first kappa shape index (κ1) is 21.4. The van der Waals surface area contributed by atoms with Crippen LogP contribution in [0.25, 0.3) is 0 Å². The van der Waals surface area contributed by atoms with Crippen molar-refractivity contribution in [2.45, 2.75) is 13.1 Å². The van der Waals surface area contributed by atoms with E-state index in [9.17, 15) is 10.1 Å². The van der Waals surface area contributed by atoms with Crippen LogP contribution in [0.4, 0.5) is 5.69 Å². The topological polar surface area (TPSA) is 43.1 Å². The molecule has 0 saturated carbocycles. The fourth-order valence-corrected chi connectivity index (χ4v) is 12.0. The summed E-state index contributed by atoms with van der Waals surface area (Å²) in [5.41, 5.74) is 1.89. The fraction of sp³-hybridized carbons (Fsp3) is 0.0769. The van der Waals surface area contributed by atoms with Crippen molar-refractivity contribution in [2.75, 3.05) is 0 Å². The van der Waals surface area contributed by atoms with Gasteiger partial charge in [0.2, 0.25) is 0 Å². The van der Waals surface area contributed by atoms with Crippen LogP contribution >= 0.6 is 20.8 Å². The van der Waals surface area contributed by atoms with E-state index in [-0.39, 0.29) is 10.6 Å². The Bertz CT molecular complexity index is 1110. The molecule has 0 radical (unpaired) electrons. The van der Waals surface area contributed by atoms with Crippen molar-refractivity contribution in [2.24, 2.45) is 0 Å². The molecule has 0 unspecified atom stereocenters. The fourth-order valence-electron chi connectivity index (χ4n) is 4.30. The predicted molar refractivity (Wildman–Crippen MR) is 136 cm³/mol. The second-order valence-corrected chi connectivity index (χ2v) is 16.7. The van der Waals surface area contributed by atoms with E-state index in [4.69, 9.17) is 0 Å². The van der Waals surface area contributed by atoms with E-state index in [1.807, 2.05) is 30.3 Å². The van der Waals surface area contributed by atoms with Gasteiger partial charge in [-0.15, -0.1) is 0 Å². The molecule has 3 nitrogen and oxygen atoms in total. The molecule has 0 aliphatic carbocycles. The number of nitro benzene ring substituents is 1. The summed E-state index contributed by atoms with van der Waals surface area (Å²) in [5, 5.41) is 11.9. The van der Waals surface area contributed by atoms with E-state index in [0.29, 0.717) is 11.7 Å². The summed E-state index contributed by atoms with van der Waals surface area (Å²) < 4.78 is 0.